The van der Waals surface area contributed by atoms with Gasteiger partial charge in [-0.05, 0) is 42.2 Å². The van der Waals surface area contributed by atoms with E-state index in [0.29, 0.717) is 12.1 Å². The Balaban J connectivity index is 1.65. The van der Waals surface area contributed by atoms with Gasteiger partial charge in [-0.2, -0.15) is 0 Å². The van der Waals surface area contributed by atoms with Crippen LogP contribution in [0, 0.1) is 6.92 Å². The van der Waals surface area contributed by atoms with Crippen molar-refractivity contribution in [2.75, 3.05) is 0 Å². The summed E-state index contributed by atoms with van der Waals surface area (Å²) in [4.78, 5) is 36.4. The van der Waals surface area contributed by atoms with E-state index < -0.39 is 23.8 Å². The van der Waals surface area contributed by atoms with Crippen molar-refractivity contribution in [2.45, 2.75) is 32.4 Å². The molecule has 0 spiro atoms. The summed E-state index contributed by atoms with van der Waals surface area (Å²) in [6.07, 6.45) is -0.223. The summed E-state index contributed by atoms with van der Waals surface area (Å²) >= 11 is 0. The summed E-state index contributed by atoms with van der Waals surface area (Å²) in [5, 5.41) is 14.5. The molecule has 0 aromatic heterocycles. The van der Waals surface area contributed by atoms with Gasteiger partial charge in [-0.1, -0.05) is 72.3 Å². The van der Waals surface area contributed by atoms with Crippen LogP contribution in [0.15, 0.2) is 78.9 Å². The van der Waals surface area contributed by atoms with E-state index in [1.807, 2.05) is 73.7 Å². The lowest BCUT2D eigenvalue weighted by Gasteiger charge is -2.18. The fraction of sp³-hybridized carbons (Fsp3) is 0.192. The van der Waals surface area contributed by atoms with Crippen LogP contribution in [-0.2, 0) is 16.1 Å². The lowest BCUT2D eigenvalue weighted by Crippen LogP contribution is -2.46. The molecule has 6 heteroatoms. The van der Waals surface area contributed by atoms with E-state index in [2.05, 4.69) is 10.6 Å². The standard InChI is InChI=1S/C26H26N2O4/c1-18-7-9-19(10-8-18)17-27-26(32)23(15-16-24(29)30)28-25(31)22-13-11-21(12-14-22)20-5-3-2-4-6-20/h2-14,23H,15-17H2,1H3,(H,27,32)(H,28,31)(H,29,30)/t23-/m0/s1. The summed E-state index contributed by atoms with van der Waals surface area (Å²) in [7, 11) is 0. The monoisotopic (exact) mass is 430 g/mol. The van der Waals surface area contributed by atoms with Gasteiger partial charge in [0.05, 0.1) is 0 Å². The van der Waals surface area contributed by atoms with Crippen molar-refractivity contribution in [3.63, 3.8) is 0 Å². The number of hydrogen-bond acceptors (Lipinski definition) is 3. The topological polar surface area (TPSA) is 95.5 Å². The van der Waals surface area contributed by atoms with Crippen molar-refractivity contribution < 1.29 is 19.5 Å². The van der Waals surface area contributed by atoms with Gasteiger partial charge in [0, 0.05) is 18.5 Å². The van der Waals surface area contributed by atoms with E-state index in [9.17, 15) is 14.4 Å². The Labute approximate surface area is 187 Å². The first-order chi connectivity index (χ1) is 15.4. The smallest absolute Gasteiger partial charge is 0.303 e. The van der Waals surface area contributed by atoms with Crippen LogP contribution in [0.5, 0.6) is 0 Å². The molecule has 0 fully saturated rings. The molecule has 2 amide bonds. The highest BCUT2D eigenvalue weighted by Gasteiger charge is 2.22. The van der Waals surface area contributed by atoms with Crippen molar-refractivity contribution >= 4 is 17.8 Å². The van der Waals surface area contributed by atoms with Crippen LogP contribution < -0.4 is 10.6 Å². The van der Waals surface area contributed by atoms with Crippen molar-refractivity contribution in [1.82, 2.24) is 10.6 Å². The minimum atomic E-state index is -1.03. The predicted molar refractivity (Wildman–Crippen MR) is 123 cm³/mol. The number of carbonyl (C=O) groups excluding carboxylic acids is 2. The molecule has 32 heavy (non-hydrogen) atoms. The second-order valence-corrected chi connectivity index (χ2v) is 7.61. The van der Waals surface area contributed by atoms with Crippen molar-refractivity contribution in [1.29, 1.82) is 0 Å². The average molecular weight is 431 g/mol. The zero-order chi connectivity index (χ0) is 22.9. The first-order valence-corrected chi connectivity index (χ1v) is 10.4. The van der Waals surface area contributed by atoms with Gasteiger partial charge >= 0.3 is 5.97 Å². The van der Waals surface area contributed by atoms with Gasteiger partial charge in [0.2, 0.25) is 5.91 Å². The number of aryl methyl sites for hydroxylation is 1. The third-order valence-corrected chi connectivity index (χ3v) is 5.11. The van der Waals surface area contributed by atoms with E-state index in [4.69, 9.17) is 5.11 Å². The molecule has 0 aliphatic rings. The Kier molecular flexibility index (Phi) is 7.75. The molecular formula is C26H26N2O4. The molecule has 0 unspecified atom stereocenters. The molecule has 3 N–H and O–H groups in total. The third-order valence-electron chi connectivity index (χ3n) is 5.11. The SMILES string of the molecule is Cc1ccc(CNC(=O)[C@H](CCC(=O)O)NC(=O)c2ccc(-c3ccccc3)cc2)cc1. The van der Waals surface area contributed by atoms with E-state index in [1.165, 1.54) is 0 Å². The van der Waals surface area contributed by atoms with E-state index >= 15 is 0 Å². The molecule has 0 saturated carbocycles. The lowest BCUT2D eigenvalue weighted by atomic mass is 10.0. The first-order valence-electron chi connectivity index (χ1n) is 10.4. The Morgan fingerprint density at radius 2 is 1.47 bits per heavy atom. The van der Waals surface area contributed by atoms with E-state index in [1.54, 1.807) is 12.1 Å². The van der Waals surface area contributed by atoms with E-state index in [-0.39, 0.29) is 12.8 Å². The van der Waals surface area contributed by atoms with Crippen LogP contribution in [0.3, 0.4) is 0 Å². The minimum Gasteiger partial charge on any atom is -0.481 e. The predicted octanol–water partition coefficient (Wildman–Crippen LogP) is 3.94. The molecular weight excluding hydrogens is 404 g/mol. The maximum absolute atomic E-state index is 12.7. The zero-order valence-electron chi connectivity index (χ0n) is 17.9. The number of aliphatic carboxylic acids is 1. The summed E-state index contributed by atoms with van der Waals surface area (Å²) in [5.74, 6) is -1.87. The molecule has 0 radical (unpaired) electrons. The molecule has 3 aromatic carbocycles. The lowest BCUT2D eigenvalue weighted by molar-refractivity contribution is -0.137. The van der Waals surface area contributed by atoms with E-state index in [0.717, 1.165) is 22.3 Å². The molecule has 3 rings (SSSR count). The van der Waals surface area contributed by atoms with Gasteiger partial charge < -0.3 is 15.7 Å². The Morgan fingerprint density at radius 3 is 2.09 bits per heavy atom. The second-order valence-electron chi connectivity index (χ2n) is 7.61. The highest BCUT2D eigenvalue weighted by Crippen LogP contribution is 2.19. The van der Waals surface area contributed by atoms with Crippen LogP contribution in [0.25, 0.3) is 11.1 Å². The Hall–Kier alpha value is -3.93. The quantitative estimate of drug-likeness (QED) is 0.479. The fourth-order valence-corrected chi connectivity index (χ4v) is 3.24. The third kappa shape index (κ3) is 6.54. The normalized spacial score (nSPS) is 11.4. The first kappa shape index (κ1) is 22.7. The van der Waals surface area contributed by atoms with Gasteiger partial charge in [-0.25, -0.2) is 0 Å². The summed E-state index contributed by atoms with van der Waals surface area (Å²) in [6.45, 7) is 2.27. The number of nitrogens with one attached hydrogen (secondary N) is 2. The average Bonchev–Trinajstić information content (AvgIpc) is 2.81. The number of benzene rings is 3. The van der Waals surface area contributed by atoms with Crippen LogP contribution in [0.2, 0.25) is 0 Å². The van der Waals surface area contributed by atoms with Gasteiger partial charge in [-0.15, -0.1) is 0 Å². The van der Waals surface area contributed by atoms with Crippen molar-refractivity contribution in [2.24, 2.45) is 0 Å². The maximum atomic E-state index is 12.7. The Bertz CT molecular complexity index is 1060. The summed E-state index contributed by atoms with van der Waals surface area (Å²) < 4.78 is 0. The molecule has 0 saturated heterocycles. The molecule has 0 heterocycles. The minimum absolute atomic E-state index is 0.00288. The molecule has 6 nitrogen and oxygen atoms in total. The molecule has 1 atom stereocenters. The van der Waals surface area contributed by atoms with Crippen LogP contribution in [0.4, 0.5) is 0 Å². The number of carboxylic acids is 1. The number of carboxylic acid groups (broad SMARTS) is 1. The Morgan fingerprint density at radius 1 is 0.844 bits per heavy atom. The highest BCUT2D eigenvalue weighted by atomic mass is 16.4. The zero-order valence-corrected chi connectivity index (χ0v) is 17.9. The number of rotatable bonds is 9. The van der Waals surface area contributed by atoms with Gasteiger partial charge in [0.25, 0.3) is 5.91 Å². The van der Waals surface area contributed by atoms with Gasteiger partial charge in [0.15, 0.2) is 0 Å². The second kappa shape index (κ2) is 10.9. The van der Waals surface area contributed by atoms with Gasteiger partial charge in [-0.3, -0.25) is 14.4 Å². The van der Waals surface area contributed by atoms with Crippen molar-refractivity contribution in [3.8, 4) is 11.1 Å². The molecule has 0 bridgehead atoms. The highest BCUT2D eigenvalue weighted by molar-refractivity contribution is 5.98. The van der Waals surface area contributed by atoms with Crippen LogP contribution in [0.1, 0.15) is 34.3 Å². The molecule has 3 aromatic rings. The molecule has 164 valence electrons. The molecule has 0 aliphatic carbocycles. The number of hydrogen-bond donors (Lipinski definition) is 3. The summed E-state index contributed by atoms with van der Waals surface area (Å²) in [5.41, 5.74) is 4.44. The number of carbonyl (C=O) groups is 3. The summed E-state index contributed by atoms with van der Waals surface area (Å²) in [6, 6.07) is 23.6. The van der Waals surface area contributed by atoms with Crippen LogP contribution >= 0.6 is 0 Å². The largest absolute Gasteiger partial charge is 0.481 e. The number of amides is 2. The van der Waals surface area contributed by atoms with Gasteiger partial charge in [0.1, 0.15) is 6.04 Å². The molecule has 0 aliphatic heterocycles. The van der Waals surface area contributed by atoms with Crippen molar-refractivity contribution in [3.05, 3.63) is 95.6 Å². The fourth-order valence-electron chi connectivity index (χ4n) is 3.24. The van der Waals surface area contributed by atoms with Crippen LogP contribution in [-0.4, -0.2) is 28.9 Å². The maximum Gasteiger partial charge on any atom is 0.303 e.